The Bertz CT molecular complexity index is 1280. The molecular formula is C26H24N4O2. The third-order valence-electron chi connectivity index (χ3n) is 6.05. The molecule has 5 rings (SSSR count). The smallest absolute Gasteiger partial charge is 0.273 e. The van der Waals surface area contributed by atoms with E-state index >= 15 is 0 Å². The summed E-state index contributed by atoms with van der Waals surface area (Å²) >= 11 is 0. The van der Waals surface area contributed by atoms with Crippen molar-refractivity contribution in [2.75, 3.05) is 0 Å². The minimum atomic E-state index is -0.322. The number of benzene rings is 2. The number of nitrogens with one attached hydrogen (secondary N) is 1. The number of carbonyl (C=O) groups excluding carboxylic acids is 1. The van der Waals surface area contributed by atoms with Crippen molar-refractivity contribution in [2.24, 2.45) is 0 Å². The highest BCUT2D eigenvalue weighted by molar-refractivity contribution is 6.00. The molecule has 0 fully saturated rings. The van der Waals surface area contributed by atoms with Crippen LogP contribution in [0.1, 0.15) is 51.3 Å². The van der Waals surface area contributed by atoms with Gasteiger partial charge >= 0.3 is 0 Å². The van der Waals surface area contributed by atoms with E-state index in [9.17, 15) is 9.90 Å². The molecule has 32 heavy (non-hydrogen) atoms. The molecule has 1 atom stereocenters. The Balaban J connectivity index is 1.67. The lowest BCUT2D eigenvalue weighted by Gasteiger charge is -2.26. The van der Waals surface area contributed by atoms with Crippen LogP contribution < -0.4 is 0 Å². The third-order valence-corrected chi connectivity index (χ3v) is 6.05. The van der Waals surface area contributed by atoms with E-state index in [0.717, 1.165) is 28.7 Å². The summed E-state index contributed by atoms with van der Waals surface area (Å²) in [4.78, 5) is 19.5. The standard InChI is InChI=1S/C26H24N4O2/c1-3-17-7-9-19(10-8-17)25-22-23(20-13-16(2)6-11-21(20)31)28-29-24(22)26(32)30(25)15-18-5-4-12-27-14-18/h4-14,25,31H,3,15H2,1-2H3,(H,28,29). The van der Waals surface area contributed by atoms with Crippen molar-refractivity contribution in [3.63, 3.8) is 0 Å². The largest absolute Gasteiger partial charge is 0.507 e. The maximum absolute atomic E-state index is 13.5. The fourth-order valence-corrected chi connectivity index (χ4v) is 4.38. The molecule has 0 saturated heterocycles. The van der Waals surface area contributed by atoms with Crippen molar-refractivity contribution in [3.8, 4) is 17.0 Å². The van der Waals surface area contributed by atoms with E-state index in [1.54, 1.807) is 18.5 Å². The Labute approximate surface area is 186 Å². The summed E-state index contributed by atoms with van der Waals surface area (Å²) in [5.74, 6) is 0.0300. The number of phenols is 1. The minimum absolute atomic E-state index is 0.112. The van der Waals surface area contributed by atoms with Gasteiger partial charge in [-0.2, -0.15) is 5.10 Å². The molecule has 2 aromatic carbocycles. The zero-order chi connectivity index (χ0) is 22.2. The number of aryl methyl sites for hydroxylation is 2. The molecule has 3 heterocycles. The van der Waals surface area contributed by atoms with Gasteiger partial charge in [0.25, 0.3) is 5.91 Å². The number of aromatic hydroxyl groups is 1. The predicted molar refractivity (Wildman–Crippen MR) is 122 cm³/mol. The first-order valence-corrected chi connectivity index (χ1v) is 10.7. The van der Waals surface area contributed by atoms with Crippen LogP contribution in [0.2, 0.25) is 0 Å². The number of aromatic nitrogens is 3. The summed E-state index contributed by atoms with van der Waals surface area (Å²) in [6.45, 7) is 4.51. The second-order valence-corrected chi connectivity index (χ2v) is 8.17. The van der Waals surface area contributed by atoms with E-state index in [-0.39, 0.29) is 17.7 Å². The summed E-state index contributed by atoms with van der Waals surface area (Å²) in [6, 6.07) is 17.3. The summed E-state index contributed by atoms with van der Waals surface area (Å²) < 4.78 is 0. The molecule has 160 valence electrons. The van der Waals surface area contributed by atoms with Gasteiger partial charge in [0.2, 0.25) is 0 Å². The SMILES string of the molecule is CCc1ccc(C2c3c(-c4cc(C)ccc4O)n[nH]c3C(=O)N2Cc2cccnc2)cc1. The Morgan fingerprint density at radius 1 is 1.09 bits per heavy atom. The van der Waals surface area contributed by atoms with Crippen LogP contribution in [0.15, 0.2) is 67.0 Å². The topological polar surface area (TPSA) is 82.1 Å². The van der Waals surface area contributed by atoms with Crippen molar-refractivity contribution < 1.29 is 9.90 Å². The summed E-state index contributed by atoms with van der Waals surface area (Å²) in [6.07, 6.45) is 4.45. The zero-order valence-corrected chi connectivity index (χ0v) is 18.0. The molecule has 1 aliphatic rings. The van der Waals surface area contributed by atoms with Gasteiger partial charge in [-0.1, -0.05) is 48.9 Å². The van der Waals surface area contributed by atoms with Crippen LogP contribution in [-0.4, -0.2) is 31.1 Å². The normalized spacial score (nSPS) is 15.2. The van der Waals surface area contributed by atoms with Gasteiger partial charge in [0.15, 0.2) is 0 Å². The third kappa shape index (κ3) is 3.34. The van der Waals surface area contributed by atoms with Crippen molar-refractivity contribution in [1.82, 2.24) is 20.1 Å². The Kier molecular flexibility index (Phi) is 4.98. The highest BCUT2D eigenvalue weighted by Gasteiger charge is 2.42. The summed E-state index contributed by atoms with van der Waals surface area (Å²) in [5, 5.41) is 18.0. The Morgan fingerprint density at radius 3 is 2.62 bits per heavy atom. The number of phenolic OH excluding ortho intramolecular Hbond substituents is 1. The number of hydrogen-bond acceptors (Lipinski definition) is 4. The number of aromatic amines is 1. The lowest BCUT2D eigenvalue weighted by atomic mass is 9.94. The highest BCUT2D eigenvalue weighted by atomic mass is 16.3. The van der Waals surface area contributed by atoms with Crippen molar-refractivity contribution in [1.29, 1.82) is 0 Å². The molecule has 6 nitrogen and oxygen atoms in total. The molecule has 0 spiro atoms. The average molecular weight is 425 g/mol. The number of fused-ring (bicyclic) bond motifs is 1. The van der Waals surface area contributed by atoms with Gasteiger partial charge in [-0.25, -0.2) is 0 Å². The van der Waals surface area contributed by atoms with E-state index < -0.39 is 0 Å². The first-order chi connectivity index (χ1) is 15.6. The van der Waals surface area contributed by atoms with E-state index in [2.05, 4.69) is 46.4 Å². The van der Waals surface area contributed by atoms with Crippen LogP contribution in [0.5, 0.6) is 5.75 Å². The molecular weight excluding hydrogens is 400 g/mol. The first-order valence-electron chi connectivity index (χ1n) is 10.7. The van der Waals surface area contributed by atoms with Gasteiger partial charge in [-0.15, -0.1) is 0 Å². The molecule has 0 saturated carbocycles. The van der Waals surface area contributed by atoms with Crippen LogP contribution in [-0.2, 0) is 13.0 Å². The second-order valence-electron chi connectivity index (χ2n) is 8.17. The maximum atomic E-state index is 13.5. The monoisotopic (exact) mass is 424 g/mol. The van der Waals surface area contributed by atoms with Crippen LogP contribution >= 0.6 is 0 Å². The summed E-state index contributed by atoms with van der Waals surface area (Å²) in [7, 11) is 0. The van der Waals surface area contributed by atoms with Crippen molar-refractivity contribution in [3.05, 3.63) is 101 Å². The van der Waals surface area contributed by atoms with Gasteiger partial charge in [-0.05, 0) is 48.2 Å². The number of amides is 1. The molecule has 0 radical (unpaired) electrons. The van der Waals surface area contributed by atoms with Crippen LogP contribution in [0, 0.1) is 6.92 Å². The van der Waals surface area contributed by atoms with Gasteiger partial charge in [0.1, 0.15) is 17.1 Å². The Morgan fingerprint density at radius 2 is 1.91 bits per heavy atom. The molecule has 6 heteroatoms. The quantitative estimate of drug-likeness (QED) is 0.482. The fourth-order valence-electron chi connectivity index (χ4n) is 4.38. The molecule has 4 aromatic rings. The number of nitrogens with zero attached hydrogens (tertiary/aromatic N) is 3. The first kappa shape index (κ1) is 20.0. The molecule has 1 aliphatic heterocycles. The molecule has 0 aliphatic carbocycles. The van der Waals surface area contributed by atoms with Gasteiger partial charge in [-0.3, -0.25) is 14.9 Å². The summed E-state index contributed by atoms with van der Waals surface area (Å²) in [5.41, 5.74) is 6.69. The number of H-pyrrole nitrogens is 1. The van der Waals surface area contributed by atoms with Gasteiger partial charge in [0, 0.05) is 30.1 Å². The van der Waals surface area contributed by atoms with E-state index in [4.69, 9.17) is 0 Å². The minimum Gasteiger partial charge on any atom is -0.507 e. The average Bonchev–Trinajstić information content (AvgIpc) is 3.35. The predicted octanol–water partition coefficient (Wildman–Crippen LogP) is 4.79. The number of hydrogen-bond donors (Lipinski definition) is 2. The van der Waals surface area contributed by atoms with Crippen molar-refractivity contribution in [2.45, 2.75) is 32.9 Å². The zero-order valence-electron chi connectivity index (χ0n) is 18.0. The van der Waals surface area contributed by atoms with Gasteiger partial charge < -0.3 is 10.0 Å². The fraction of sp³-hybridized carbons (Fsp3) is 0.192. The van der Waals surface area contributed by atoms with Crippen LogP contribution in [0.3, 0.4) is 0 Å². The molecule has 0 bridgehead atoms. The number of carbonyl (C=O) groups is 1. The Hall–Kier alpha value is -3.93. The number of pyridine rings is 1. The molecule has 1 unspecified atom stereocenters. The van der Waals surface area contributed by atoms with Crippen molar-refractivity contribution >= 4 is 5.91 Å². The maximum Gasteiger partial charge on any atom is 0.273 e. The van der Waals surface area contributed by atoms with E-state index in [1.807, 2.05) is 36.1 Å². The highest BCUT2D eigenvalue weighted by Crippen LogP contribution is 2.45. The lowest BCUT2D eigenvalue weighted by Crippen LogP contribution is -2.29. The second kappa shape index (κ2) is 7.96. The number of rotatable bonds is 5. The van der Waals surface area contributed by atoms with E-state index in [1.165, 1.54) is 5.56 Å². The molecule has 2 aromatic heterocycles. The van der Waals surface area contributed by atoms with Crippen LogP contribution in [0.25, 0.3) is 11.3 Å². The van der Waals surface area contributed by atoms with Gasteiger partial charge in [0.05, 0.1) is 6.04 Å². The molecule has 2 N–H and O–H groups in total. The lowest BCUT2D eigenvalue weighted by molar-refractivity contribution is 0.0730. The van der Waals surface area contributed by atoms with E-state index in [0.29, 0.717) is 23.5 Å². The van der Waals surface area contributed by atoms with Crippen LogP contribution in [0.4, 0.5) is 0 Å². The molecule has 1 amide bonds.